The van der Waals surface area contributed by atoms with E-state index >= 15 is 0 Å². The third kappa shape index (κ3) is 1.85. The second-order valence-corrected chi connectivity index (χ2v) is 3.59. The fourth-order valence-electron chi connectivity index (χ4n) is 1.38. The molecule has 0 atom stereocenters. The van der Waals surface area contributed by atoms with E-state index in [2.05, 4.69) is 19.8 Å². The standard InChI is InChI=1S/C7H10N4S/c1-2-4-6(5-3-1)8-7-9-10-11-12-7/h1-5H2. The van der Waals surface area contributed by atoms with E-state index in [9.17, 15) is 0 Å². The van der Waals surface area contributed by atoms with E-state index in [1.165, 1.54) is 36.5 Å². The summed E-state index contributed by atoms with van der Waals surface area (Å²) in [6, 6.07) is 0. The number of rotatable bonds is 1. The molecule has 5 heteroatoms. The molecule has 1 aliphatic carbocycles. The molecule has 2 rings (SSSR count). The number of aromatic nitrogens is 3. The predicted molar refractivity (Wildman–Crippen MR) is 47.9 cm³/mol. The lowest BCUT2D eigenvalue weighted by atomic mass is 9.99. The molecule has 0 bridgehead atoms. The Balaban J connectivity index is 2.07. The molecule has 0 spiro atoms. The Labute approximate surface area is 74.9 Å². The fraction of sp³-hybridized carbons (Fsp3) is 0.714. The summed E-state index contributed by atoms with van der Waals surface area (Å²) in [4.78, 5) is 4.38. The summed E-state index contributed by atoms with van der Waals surface area (Å²) in [5.74, 6) is 0. The molecule has 1 fully saturated rings. The van der Waals surface area contributed by atoms with Gasteiger partial charge in [0.1, 0.15) is 0 Å². The number of nitrogens with zero attached hydrogens (tertiary/aromatic N) is 4. The first-order valence-electron chi connectivity index (χ1n) is 4.16. The predicted octanol–water partition coefficient (Wildman–Crippen LogP) is 1.97. The van der Waals surface area contributed by atoms with Gasteiger partial charge in [0.05, 0.1) is 0 Å². The van der Waals surface area contributed by atoms with Gasteiger partial charge in [0, 0.05) is 17.2 Å². The maximum absolute atomic E-state index is 4.38. The quantitative estimate of drug-likeness (QED) is 0.667. The van der Waals surface area contributed by atoms with Crippen LogP contribution in [0.15, 0.2) is 4.99 Å². The topological polar surface area (TPSA) is 51.0 Å². The van der Waals surface area contributed by atoms with Gasteiger partial charge in [-0.2, -0.15) is 0 Å². The molecular weight excluding hydrogens is 172 g/mol. The van der Waals surface area contributed by atoms with E-state index in [0.29, 0.717) is 5.13 Å². The molecule has 64 valence electrons. The molecule has 1 heterocycles. The molecule has 0 saturated heterocycles. The largest absolute Gasteiger partial charge is 0.251 e. The lowest BCUT2D eigenvalue weighted by Gasteiger charge is -2.10. The van der Waals surface area contributed by atoms with Gasteiger partial charge in [0.15, 0.2) is 0 Å². The van der Waals surface area contributed by atoms with E-state index in [-0.39, 0.29) is 0 Å². The molecule has 0 aromatic carbocycles. The summed E-state index contributed by atoms with van der Waals surface area (Å²) in [6.45, 7) is 0. The van der Waals surface area contributed by atoms with Crippen molar-refractivity contribution in [3.8, 4) is 0 Å². The normalized spacial score (nSPS) is 17.8. The van der Waals surface area contributed by atoms with Crippen LogP contribution in [0.4, 0.5) is 5.13 Å². The molecule has 0 radical (unpaired) electrons. The van der Waals surface area contributed by atoms with E-state index < -0.39 is 0 Å². The second kappa shape index (κ2) is 3.71. The van der Waals surface area contributed by atoms with Crippen molar-refractivity contribution < 1.29 is 0 Å². The minimum Gasteiger partial charge on any atom is -0.226 e. The Hall–Kier alpha value is -0.840. The molecule has 1 aromatic rings. The SMILES string of the molecule is C1CCC(=Nc2nnns2)CC1. The highest BCUT2D eigenvalue weighted by molar-refractivity contribution is 7.09. The van der Waals surface area contributed by atoms with Crippen LogP contribution in [0.5, 0.6) is 0 Å². The molecule has 1 saturated carbocycles. The van der Waals surface area contributed by atoms with Crippen molar-refractivity contribution in [1.29, 1.82) is 0 Å². The lowest BCUT2D eigenvalue weighted by molar-refractivity contribution is 0.666. The van der Waals surface area contributed by atoms with Crippen molar-refractivity contribution in [2.24, 2.45) is 4.99 Å². The Morgan fingerprint density at radius 2 is 2.00 bits per heavy atom. The lowest BCUT2D eigenvalue weighted by Crippen LogP contribution is -2.03. The highest BCUT2D eigenvalue weighted by Crippen LogP contribution is 2.19. The van der Waals surface area contributed by atoms with Gasteiger partial charge in [-0.3, -0.25) is 0 Å². The maximum Gasteiger partial charge on any atom is 0.251 e. The van der Waals surface area contributed by atoms with E-state index in [4.69, 9.17) is 0 Å². The van der Waals surface area contributed by atoms with Crippen molar-refractivity contribution in [1.82, 2.24) is 14.8 Å². The summed E-state index contributed by atoms with van der Waals surface area (Å²) >= 11 is 1.26. The first-order chi connectivity index (χ1) is 5.95. The highest BCUT2D eigenvalue weighted by atomic mass is 32.1. The van der Waals surface area contributed by atoms with Crippen LogP contribution in [0.3, 0.4) is 0 Å². The Morgan fingerprint density at radius 1 is 1.17 bits per heavy atom. The van der Waals surface area contributed by atoms with Crippen molar-refractivity contribution in [3.63, 3.8) is 0 Å². The van der Waals surface area contributed by atoms with Gasteiger partial charge in [0.25, 0.3) is 5.13 Å². The van der Waals surface area contributed by atoms with Gasteiger partial charge in [0.2, 0.25) is 0 Å². The average molecular weight is 182 g/mol. The summed E-state index contributed by atoms with van der Waals surface area (Å²) in [5.41, 5.74) is 1.26. The van der Waals surface area contributed by atoms with E-state index in [0.717, 1.165) is 12.8 Å². The van der Waals surface area contributed by atoms with Crippen LogP contribution in [0, 0.1) is 0 Å². The molecule has 1 aliphatic rings. The molecule has 12 heavy (non-hydrogen) atoms. The van der Waals surface area contributed by atoms with Gasteiger partial charge in [-0.15, -0.1) is 0 Å². The average Bonchev–Trinajstić information content (AvgIpc) is 2.59. The molecule has 1 aromatic heterocycles. The van der Waals surface area contributed by atoms with Crippen LogP contribution >= 0.6 is 11.5 Å². The molecule has 0 amide bonds. The van der Waals surface area contributed by atoms with Crippen LogP contribution in [-0.4, -0.2) is 20.5 Å². The van der Waals surface area contributed by atoms with E-state index in [1.807, 2.05) is 0 Å². The van der Waals surface area contributed by atoms with Crippen molar-refractivity contribution in [2.75, 3.05) is 0 Å². The zero-order valence-electron chi connectivity index (χ0n) is 6.73. The zero-order chi connectivity index (χ0) is 8.23. The Kier molecular flexibility index (Phi) is 2.41. The van der Waals surface area contributed by atoms with Crippen molar-refractivity contribution in [2.45, 2.75) is 32.1 Å². The fourth-order valence-corrected chi connectivity index (χ4v) is 1.77. The first kappa shape index (κ1) is 7.79. The molecular formula is C7H10N4S. The highest BCUT2D eigenvalue weighted by Gasteiger charge is 2.07. The summed E-state index contributed by atoms with van der Waals surface area (Å²) in [7, 11) is 0. The minimum atomic E-state index is 0.701. The van der Waals surface area contributed by atoms with Gasteiger partial charge in [-0.25, -0.2) is 4.99 Å². The molecule has 0 N–H and O–H groups in total. The van der Waals surface area contributed by atoms with Gasteiger partial charge in [-0.05, 0) is 30.9 Å². The van der Waals surface area contributed by atoms with Crippen LogP contribution < -0.4 is 0 Å². The summed E-state index contributed by atoms with van der Waals surface area (Å²) < 4.78 is 3.66. The van der Waals surface area contributed by atoms with Crippen molar-refractivity contribution in [3.05, 3.63) is 0 Å². The number of hydrogen-bond donors (Lipinski definition) is 0. The Morgan fingerprint density at radius 3 is 2.67 bits per heavy atom. The van der Waals surface area contributed by atoms with Crippen LogP contribution in [0.25, 0.3) is 0 Å². The minimum absolute atomic E-state index is 0.701. The molecule has 0 aliphatic heterocycles. The zero-order valence-corrected chi connectivity index (χ0v) is 7.55. The first-order valence-corrected chi connectivity index (χ1v) is 4.94. The van der Waals surface area contributed by atoms with E-state index in [1.54, 1.807) is 0 Å². The maximum atomic E-state index is 4.38. The second-order valence-electron chi connectivity index (χ2n) is 2.88. The van der Waals surface area contributed by atoms with Crippen LogP contribution in [0.1, 0.15) is 32.1 Å². The number of aliphatic imine (C=N–C) groups is 1. The summed E-state index contributed by atoms with van der Waals surface area (Å²) in [5, 5.41) is 7.98. The van der Waals surface area contributed by atoms with Crippen molar-refractivity contribution >= 4 is 22.4 Å². The molecule has 0 unspecified atom stereocenters. The van der Waals surface area contributed by atoms with Gasteiger partial charge < -0.3 is 0 Å². The van der Waals surface area contributed by atoms with Crippen LogP contribution in [-0.2, 0) is 0 Å². The van der Waals surface area contributed by atoms with Gasteiger partial charge >= 0.3 is 0 Å². The van der Waals surface area contributed by atoms with Crippen LogP contribution in [0.2, 0.25) is 0 Å². The Bertz CT molecular complexity index is 259. The molecule has 4 nitrogen and oxygen atoms in total. The third-order valence-corrected chi connectivity index (χ3v) is 2.46. The van der Waals surface area contributed by atoms with Gasteiger partial charge in [-0.1, -0.05) is 16.0 Å². The monoisotopic (exact) mass is 182 g/mol. The number of hydrogen-bond acceptors (Lipinski definition) is 5. The summed E-state index contributed by atoms with van der Waals surface area (Å²) in [6.07, 6.45) is 6.13. The third-order valence-electron chi connectivity index (χ3n) is 1.97. The smallest absolute Gasteiger partial charge is 0.226 e.